The van der Waals surface area contributed by atoms with Gasteiger partial charge in [0.2, 0.25) is 0 Å². The highest BCUT2D eigenvalue weighted by Gasteiger charge is 2.26. The summed E-state index contributed by atoms with van der Waals surface area (Å²) in [5.41, 5.74) is 0.447. The zero-order chi connectivity index (χ0) is 12.3. The third-order valence-electron chi connectivity index (χ3n) is 2.68. The standard InChI is InChI=1S/C12H15NO4/c1-15-9-4-3-5-10(16-2)11(9)12(14)13-6-7-17-8-13/h3-5H,6-8H2,1-2H3. The monoisotopic (exact) mass is 237 g/mol. The first kappa shape index (κ1) is 11.7. The number of hydrogen-bond donors (Lipinski definition) is 0. The van der Waals surface area contributed by atoms with Gasteiger partial charge in [-0.25, -0.2) is 0 Å². The molecule has 17 heavy (non-hydrogen) atoms. The number of amides is 1. The van der Waals surface area contributed by atoms with Crippen LogP contribution in [0.25, 0.3) is 0 Å². The minimum absolute atomic E-state index is 0.128. The molecule has 1 amide bonds. The fourth-order valence-electron chi connectivity index (χ4n) is 1.79. The number of carbonyl (C=O) groups excluding carboxylic acids is 1. The predicted molar refractivity (Wildman–Crippen MR) is 61.4 cm³/mol. The molecule has 1 heterocycles. The molecular formula is C12H15NO4. The van der Waals surface area contributed by atoms with Gasteiger partial charge in [-0.05, 0) is 12.1 Å². The lowest BCUT2D eigenvalue weighted by Gasteiger charge is -2.17. The van der Waals surface area contributed by atoms with Crippen molar-refractivity contribution in [3.63, 3.8) is 0 Å². The van der Waals surface area contributed by atoms with Crippen LogP contribution in [0.5, 0.6) is 11.5 Å². The van der Waals surface area contributed by atoms with Crippen molar-refractivity contribution in [3.8, 4) is 11.5 Å². The van der Waals surface area contributed by atoms with Crippen molar-refractivity contribution < 1.29 is 19.0 Å². The number of hydrogen-bond acceptors (Lipinski definition) is 4. The van der Waals surface area contributed by atoms with Crippen molar-refractivity contribution in [3.05, 3.63) is 23.8 Å². The van der Waals surface area contributed by atoms with E-state index in [0.717, 1.165) is 0 Å². The van der Waals surface area contributed by atoms with Crippen molar-refractivity contribution in [2.45, 2.75) is 0 Å². The average molecular weight is 237 g/mol. The highest BCUT2D eigenvalue weighted by Crippen LogP contribution is 2.29. The molecule has 0 atom stereocenters. The quantitative estimate of drug-likeness (QED) is 0.790. The Morgan fingerprint density at radius 3 is 2.41 bits per heavy atom. The van der Waals surface area contributed by atoms with E-state index in [4.69, 9.17) is 14.2 Å². The number of rotatable bonds is 3. The Morgan fingerprint density at radius 2 is 1.94 bits per heavy atom. The highest BCUT2D eigenvalue weighted by atomic mass is 16.5. The van der Waals surface area contributed by atoms with Gasteiger partial charge in [-0.2, -0.15) is 0 Å². The maximum absolute atomic E-state index is 12.3. The van der Waals surface area contributed by atoms with Gasteiger partial charge in [-0.15, -0.1) is 0 Å². The molecule has 0 aliphatic carbocycles. The molecule has 0 spiro atoms. The fourth-order valence-corrected chi connectivity index (χ4v) is 1.79. The van der Waals surface area contributed by atoms with Gasteiger partial charge in [-0.3, -0.25) is 4.79 Å². The maximum atomic E-state index is 12.3. The maximum Gasteiger partial charge on any atom is 0.263 e. The lowest BCUT2D eigenvalue weighted by Crippen LogP contribution is -2.29. The van der Waals surface area contributed by atoms with Crippen molar-refractivity contribution in [1.29, 1.82) is 0 Å². The summed E-state index contributed by atoms with van der Waals surface area (Å²) in [6.07, 6.45) is 0. The van der Waals surface area contributed by atoms with Gasteiger partial charge in [-0.1, -0.05) is 6.07 Å². The molecule has 2 rings (SSSR count). The van der Waals surface area contributed by atoms with E-state index in [1.807, 2.05) is 0 Å². The van der Waals surface area contributed by atoms with Crippen molar-refractivity contribution in [2.75, 3.05) is 34.1 Å². The van der Waals surface area contributed by atoms with Crippen LogP contribution in [0.3, 0.4) is 0 Å². The molecule has 0 aromatic heterocycles. The molecule has 1 aromatic carbocycles. The first-order valence-electron chi connectivity index (χ1n) is 5.36. The van der Waals surface area contributed by atoms with Gasteiger partial charge in [0.25, 0.3) is 5.91 Å². The van der Waals surface area contributed by atoms with E-state index in [1.54, 1.807) is 23.1 Å². The molecule has 0 radical (unpaired) electrons. The molecule has 1 fully saturated rings. The van der Waals surface area contributed by atoms with Crippen LogP contribution >= 0.6 is 0 Å². The number of methoxy groups -OCH3 is 2. The molecule has 5 nitrogen and oxygen atoms in total. The van der Waals surface area contributed by atoms with Gasteiger partial charge >= 0.3 is 0 Å². The predicted octanol–water partition coefficient (Wildman–Crippen LogP) is 1.13. The van der Waals surface area contributed by atoms with Crippen LogP contribution in [-0.4, -0.2) is 44.9 Å². The topological polar surface area (TPSA) is 48.0 Å². The zero-order valence-electron chi connectivity index (χ0n) is 9.93. The molecule has 1 aliphatic heterocycles. The minimum Gasteiger partial charge on any atom is -0.496 e. The van der Waals surface area contributed by atoms with Crippen LogP contribution in [0.4, 0.5) is 0 Å². The molecule has 92 valence electrons. The second-order valence-corrected chi connectivity index (χ2v) is 3.64. The summed E-state index contributed by atoms with van der Waals surface area (Å²) in [4.78, 5) is 13.9. The Balaban J connectivity index is 2.37. The molecule has 0 unspecified atom stereocenters. The molecular weight excluding hydrogens is 222 g/mol. The Labute approximate surface area is 99.9 Å². The molecule has 1 saturated heterocycles. The van der Waals surface area contributed by atoms with E-state index in [1.165, 1.54) is 14.2 Å². The molecule has 5 heteroatoms. The van der Waals surface area contributed by atoms with E-state index in [9.17, 15) is 4.79 Å². The van der Waals surface area contributed by atoms with E-state index < -0.39 is 0 Å². The van der Waals surface area contributed by atoms with Crippen molar-refractivity contribution in [1.82, 2.24) is 4.90 Å². The SMILES string of the molecule is COc1cccc(OC)c1C(=O)N1CCOC1. The minimum atomic E-state index is -0.128. The molecule has 0 N–H and O–H groups in total. The summed E-state index contributed by atoms with van der Waals surface area (Å²) in [6, 6.07) is 5.27. The number of benzene rings is 1. The summed E-state index contributed by atoms with van der Waals surface area (Å²) in [6.45, 7) is 1.49. The van der Waals surface area contributed by atoms with Crippen molar-refractivity contribution >= 4 is 5.91 Å². The Hall–Kier alpha value is -1.75. The summed E-state index contributed by atoms with van der Waals surface area (Å²) in [7, 11) is 3.07. The van der Waals surface area contributed by atoms with Gasteiger partial charge < -0.3 is 19.1 Å². The van der Waals surface area contributed by atoms with Crippen molar-refractivity contribution in [2.24, 2.45) is 0 Å². The van der Waals surface area contributed by atoms with E-state index in [2.05, 4.69) is 0 Å². The zero-order valence-corrected chi connectivity index (χ0v) is 9.93. The van der Waals surface area contributed by atoms with E-state index in [0.29, 0.717) is 36.9 Å². The first-order chi connectivity index (χ1) is 8.27. The van der Waals surface area contributed by atoms with Crippen LogP contribution < -0.4 is 9.47 Å². The fraction of sp³-hybridized carbons (Fsp3) is 0.417. The molecule has 1 aliphatic rings. The summed E-state index contributed by atoms with van der Waals surface area (Å²) >= 11 is 0. The highest BCUT2D eigenvalue weighted by molar-refractivity contribution is 5.99. The van der Waals surface area contributed by atoms with Gasteiger partial charge in [0.15, 0.2) is 0 Å². The Kier molecular flexibility index (Phi) is 3.49. The first-order valence-corrected chi connectivity index (χ1v) is 5.36. The third kappa shape index (κ3) is 2.19. The second kappa shape index (κ2) is 5.05. The lowest BCUT2D eigenvalue weighted by atomic mass is 10.1. The summed E-state index contributed by atoms with van der Waals surface area (Å²) in [5, 5.41) is 0. The molecule has 1 aromatic rings. The van der Waals surface area contributed by atoms with Crippen LogP contribution in [0.15, 0.2) is 18.2 Å². The van der Waals surface area contributed by atoms with Gasteiger partial charge in [0.05, 0.1) is 20.8 Å². The number of nitrogens with zero attached hydrogens (tertiary/aromatic N) is 1. The van der Waals surface area contributed by atoms with Gasteiger partial charge in [0, 0.05) is 6.54 Å². The normalized spacial score (nSPS) is 14.8. The van der Waals surface area contributed by atoms with E-state index in [-0.39, 0.29) is 5.91 Å². The van der Waals surface area contributed by atoms with Crippen LogP contribution in [0.1, 0.15) is 10.4 Å². The van der Waals surface area contributed by atoms with Crippen LogP contribution in [-0.2, 0) is 4.74 Å². The average Bonchev–Trinajstić information content (AvgIpc) is 2.90. The van der Waals surface area contributed by atoms with Crippen LogP contribution in [0, 0.1) is 0 Å². The molecule has 0 bridgehead atoms. The Morgan fingerprint density at radius 1 is 1.29 bits per heavy atom. The van der Waals surface area contributed by atoms with Crippen LogP contribution in [0.2, 0.25) is 0 Å². The Bertz CT molecular complexity index is 391. The lowest BCUT2D eigenvalue weighted by molar-refractivity contribution is 0.0688. The third-order valence-corrected chi connectivity index (χ3v) is 2.68. The smallest absolute Gasteiger partial charge is 0.263 e. The largest absolute Gasteiger partial charge is 0.496 e. The number of ether oxygens (including phenoxy) is 3. The van der Waals surface area contributed by atoms with Gasteiger partial charge in [0.1, 0.15) is 23.8 Å². The molecule has 0 saturated carbocycles. The second-order valence-electron chi connectivity index (χ2n) is 3.64. The van der Waals surface area contributed by atoms with E-state index >= 15 is 0 Å². The summed E-state index contributed by atoms with van der Waals surface area (Å²) in [5.74, 6) is 0.902. The summed E-state index contributed by atoms with van der Waals surface area (Å²) < 4.78 is 15.6. The number of carbonyl (C=O) groups is 1.